The van der Waals surface area contributed by atoms with Crippen LogP contribution < -0.4 is 0 Å². The Morgan fingerprint density at radius 1 is 1.50 bits per heavy atom. The van der Waals surface area contributed by atoms with Crippen molar-refractivity contribution in [3.63, 3.8) is 0 Å². The first-order valence-corrected chi connectivity index (χ1v) is 1.97. The van der Waals surface area contributed by atoms with Gasteiger partial charge in [0.15, 0.2) is 0 Å². The molecular formula is C5H7O2Pd-. The average molecular weight is 206 g/mol. The number of hydrogen-bond donors (Lipinski definition) is 0. The molecule has 2 nitrogen and oxygen atoms in total. The van der Waals surface area contributed by atoms with Crippen molar-refractivity contribution in [1.29, 1.82) is 0 Å². The van der Waals surface area contributed by atoms with E-state index in [-0.39, 0.29) is 38.4 Å². The van der Waals surface area contributed by atoms with Gasteiger partial charge in [-0.25, -0.2) is 0 Å². The Labute approximate surface area is 62.3 Å². The van der Waals surface area contributed by atoms with Crippen LogP contribution >= 0.6 is 0 Å². The fourth-order valence-electron chi connectivity index (χ4n) is 0.278. The number of rotatable bonds is 2. The Balaban J connectivity index is 0. The molecule has 0 aliphatic heterocycles. The van der Waals surface area contributed by atoms with Gasteiger partial charge in [0.1, 0.15) is 5.78 Å². The summed E-state index contributed by atoms with van der Waals surface area (Å²) < 4.78 is 0. The van der Waals surface area contributed by atoms with Crippen LogP contribution in [0.4, 0.5) is 0 Å². The van der Waals surface area contributed by atoms with Crippen LogP contribution in [0.5, 0.6) is 0 Å². The summed E-state index contributed by atoms with van der Waals surface area (Å²) in [6.45, 7) is 4.38. The summed E-state index contributed by atoms with van der Waals surface area (Å²) in [5.41, 5.74) is 0. The van der Waals surface area contributed by atoms with Gasteiger partial charge in [0.2, 0.25) is 0 Å². The zero-order valence-electron chi connectivity index (χ0n) is 4.55. The maximum absolute atomic E-state index is 9.99. The van der Waals surface area contributed by atoms with Crippen molar-refractivity contribution in [3.05, 3.63) is 6.92 Å². The van der Waals surface area contributed by atoms with Crippen LogP contribution in [0.15, 0.2) is 0 Å². The molecule has 0 aromatic carbocycles. The first-order chi connectivity index (χ1) is 3.13. The molecule has 0 aromatic rings. The van der Waals surface area contributed by atoms with Crippen LogP contribution in [0.1, 0.15) is 13.3 Å². The van der Waals surface area contributed by atoms with E-state index in [9.17, 15) is 9.59 Å². The quantitative estimate of drug-likeness (QED) is 0.371. The SMILES string of the molecule is [CH2-]C(=O)CC(C)=O.[Pd]. The van der Waals surface area contributed by atoms with Crippen molar-refractivity contribution in [1.82, 2.24) is 0 Å². The number of ketones is 2. The third-order valence-electron chi connectivity index (χ3n) is 0.446. The van der Waals surface area contributed by atoms with Gasteiger partial charge in [-0.2, -0.15) is 0 Å². The Morgan fingerprint density at radius 3 is 1.88 bits per heavy atom. The van der Waals surface area contributed by atoms with Crippen molar-refractivity contribution >= 4 is 11.6 Å². The van der Waals surface area contributed by atoms with Gasteiger partial charge in [-0.1, -0.05) is 0 Å². The number of Topliss-reactive ketones (excluding diaryl/α,β-unsaturated/α-hetero) is 2. The van der Waals surface area contributed by atoms with Crippen molar-refractivity contribution < 1.29 is 30.0 Å². The molecule has 0 amide bonds. The van der Waals surface area contributed by atoms with Crippen molar-refractivity contribution in [2.45, 2.75) is 13.3 Å². The molecule has 0 rings (SSSR count). The van der Waals surface area contributed by atoms with E-state index in [1.54, 1.807) is 0 Å². The first-order valence-electron chi connectivity index (χ1n) is 1.97. The van der Waals surface area contributed by atoms with Crippen LogP contribution in [-0.4, -0.2) is 11.6 Å². The summed E-state index contributed by atoms with van der Waals surface area (Å²) in [5.74, 6) is -0.437. The number of carbonyl (C=O) groups is 2. The topological polar surface area (TPSA) is 34.1 Å². The summed E-state index contributed by atoms with van der Waals surface area (Å²) in [6, 6.07) is 0. The van der Waals surface area contributed by atoms with Gasteiger partial charge in [0.25, 0.3) is 0 Å². The molecule has 50 valence electrons. The largest absolute Gasteiger partial charge is 0.339 e. The van der Waals surface area contributed by atoms with Gasteiger partial charge < -0.3 is 11.7 Å². The van der Waals surface area contributed by atoms with E-state index in [1.807, 2.05) is 0 Å². The standard InChI is InChI=1S/C5H7O2.Pd/c1-4(6)3-5(2)7;/h1,3H2,2H3;/q-1;. The van der Waals surface area contributed by atoms with Gasteiger partial charge in [-0.15, -0.1) is 0 Å². The van der Waals surface area contributed by atoms with Crippen molar-refractivity contribution in [3.8, 4) is 0 Å². The third kappa shape index (κ3) is 9.30. The minimum atomic E-state index is -0.312. The molecule has 0 spiro atoms. The molecule has 0 aliphatic carbocycles. The van der Waals surface area contributed by atoms with Gasteiger partial charge in [0.05, 0.1) is 0 Å². The molecule has 8 heavy (non-hydrogen) atoms. The molecule has 0 atom stereocenters. The predicted molar refractivity (Wildman–Crippen MR) is 25.7 cm³/mol. The Hall–Kier alpha value is -0.128. The fraction of sp³-hybridized carbons (Fsp3) is 0.400. The normalized spacial score (nSPS) is 7.12. The van der Waals surface area contributed by atoms with Crippen molar-refractivity contribution in [2.24, 2.45) is 0 Å². The summed E-state index contributed by atoms with van der Waals surface area (Å²) >= 11 is 0. The molecule has 0 bridgehead atoms. The molecule has 0 unspecified atom stereocenters. The summed E-state index contributed by atoms with van der Waals surface area (Å²) in [6.07, 6.45) is -0.0278. The monoisotopic (exact) mass is 205 g/mol. The fourth-order valence-corrected chi connectivity index (χ4v) is 0.278. The molecule has 0 aliphatic rings. The Bertz CT molecular complexity index is 86.6. The van der Waals surface area contributed by atoms with Crippen LogP contribution in [0.3, 0.4) is 0 Å². The van der Waals surface area contributed by atoms with Crippen LogP contribution in [0, 0.1) is 6.92 Å². The average Bonchev–Trinajstić information content (AvgIpc) is 1.27. The molecule has 0 saturated carbocycles. The van der Waals surface area contributed by atoms with E-state index in [1.165, 1.54) is 6.92 Å². The summed E-state index contributed by atoms with van der Waals surface area (Å²) in [4.78, 5) is 19.9. The van der Waals surface area contributed by atoms with Gasteiger partial charge in [-0.05, 0) is 6.92 Å². The Kier molecular flexibility index (Phi) is 6.76. The van der Waals surface area contributed by atoms with E-state index in [0.29, 0.717) is 0 Å². The van der Waals surface area contributed by atoms with Crippen molar-refractivity contribution in [2.75, 3.05) is 0 Å². The minimum Gasteiger partial charge on any atom is -0.339 e. The smallest absolute Gasteiger partial charge is 0.134 e. The minimum absolute atomic E-state index is 0. The second-order valence-corrected chi connectivity index (χ2v) is 1.42. The molecule has 0 N–H and O–H groups in total. The van der Waals surface area contributed by atoms with Crippen LogP contribution in [0.2, 0.25) is 0 Å². The van der Waals surface area contributed by atoms with E-state index in [2.05, 4.69) is 6.92 Å². The summed E-state index contributed by atoms with van der Waals surface area (Å²) in [5, 5.41) is 0. The molecular weight excluding hydrogens is 198 g/mol. The number of carbonyl (C=O) groups excluding carboxylic acids is 2. The third-order valence-corrected chi connectivity index (χ3v) is 0.446. The molecule has 0 radical (unpaired) electrons. The second kappa shape index (κ2) is 5.02. The zero-order chi connectivity index (χ0) is 5.86. The van der Waals surface area contributed by atoms with Gasteiger partial charge >= 0.3 is 0 Å². The number of hydrogen-bond acceptors (Lipinski definition) is 2. The Morgan fingerprint density at radius 2 is 1.88 bits per heavy atom. The molecule has 0 fully saturated rings. The predicted octanol–water partition coefficient (Wildman–Crippen LogP) is 0.366. The summed E-state index contributed by atoms with van der Waals surface area (Å²) in [7, 11) is 0. The zero-order valence-corrected chi connectivity index (χ0v) is 6.10. The molecule has 0 saturated heterocycles. The van der Waals surface area contributed by atoms with Crippen LogP contribution in [-0.2, 0) is 30.0 Å². The van der Waals surface area contributed by atoms with Crippen LogP contribution in [0.25, 0.3) is 0 Å². The second-order valence-electron chi connectivity index (χ2n) is 1.42. The maximum Gasteiger partial charge on any atom is 0.134 e. The first kappa shape index (κ1) is 10.8. The van der Waals surface area contributed by atoms with E-state index in [0.717, 1.165) is 0 Å². The van der Waals surface area contributed by atoms with Gasteiger partial charge in [0, 0.05) is 32.6 Å². The van der Waals surface area contributed by atoms with E-state index in [4.69, 9.17) is 0 Å². The van der Waals surface area contributed by atoms with Gasteiger partial charge in [-0.3, -0.25) is 4.79 Å². The maximum atomic E-state index is 9.99. The van der Waals surface area contributed by atoms with E-state index >= 15 is 0 Å². The molecule has 0 aromatic heterocycles. The molecule has 0 heterocycles. The molecule has 3 heteroatoms. The van der Waals surface area contributed by atoms with E-state index < -0.39 is 0 Å².